The zero-order chi connectivity index (χ0) is 6.69. The van der Waals surface area contributed by atoms with Crippen LogP contribution < -0.4 is 0 Å². The number of hydrogen-bond acceptors (Lipinski definition) is 3. The standard InChI is InChI=1S/C6H2NO2/c7-3-5-1-2-9-6(5)4-8/h1-2H. The highest BCUT2D eigenvalue weighted by Crippen LogP contribution is 2.04. The summed E-state index contributed by atoms with van der Waals surface area (Å²) in [4.78, 5) is 9.88. The predicted molar refractivity (Wildman–Crippen MR) is 28.2 cm³/mol. The first-order valence-corrected chi connectivity index (χ1v) is 2.24. The zero-order valence-corrected chi connectivity index (χ0v) is 4.42. The fourth-order valence-corrected chi connectivity index (χ4v) is 0.476. The molecule has 3 nitrogen and oxygen atoms in total. The molecular weight excluding hydrogens is 118 g/mol. The third-order valence-electron chi connectivity index (χ3n) is 0.878. The van der Waals surface area contributed by atoms with E-state index in [1.807, 2.05) is 0 Å². The van der Waals surface area contributed by atoms with Crippen molar-refractivity contribution < 1.29 is 9.21 Å². The van der Waals surface area contributed by atoms with Crippen LogP contribution >= 0.6 is 0 Å². The molecule has 0 aromatic carbocycles. The Bertz CT molecular complexity index is 256. The third kappa shape index (κ3) is 0.820. The topological polar surface area (TPSA) is 54.0 Å². The molecule has 0 aliphatic rings. The molecule has 0 saturated heterocycles. The Morgan fingerprint density at radius 2 is 2.44 bits per heavy atom. The second-order valence-electron chi connectivity index (χ2n) is 1.38. The zero-order valence-electron chi connectivity index (χ0n) is 4.42. The van der Waals surface area contributed by atoms with Crippen LogP contribution in [0.25, 0.3) is 0 Å². The van der Waals surface area contributed by atoms with Crippen molar-refractivity contribution in [1.82, 2.24) is 0 Å². The van der Waals surface area contributed by atoms with Gasteiger partial charge >= 0.3 is 0 Å². The minimum Gasteiger partial charge on any atom is -0.459 e. The lowest BCUT2D eigenvalue weighted by Crippen LogP contribution is -1.77. The van der Waals surface area contributed by atoms with Crippen molar-refractivity contribution in [1.29, 1.82) is 5.26 Å². The average Bonchev–Trinajstić information content (AvgIpc) is 2.33. The molecular formula is C6H2NO2. The van der Waals surface area contributed by atoms with E-state index in [2.05, 4.69) is 4.42 Å². The lowest BCUT2D eigenvalue weighted by Gasteiger charge is -1.74. The second kappa shape index (κ2) is 2.14. The van der Waals surface area contributed by atoms with Gasteiger partial charge in [-0.3, -0.25) is 4.79 Å². The Morgan fingerprint density at radius 1 is 1.67 bits per heavy atom. The molecule has 43 valence electrons. The van der Waals surface area contributed by atoms with Gasteiger partial charge in [-0.1, -0.05) is 0 Å². The van der Waals surface area contributed by atoms with Crippen LogP contribution in [0.3, 0.4) is 0 Å². The summed E-state index contributed by atoms with van der Waals surface area (Å²) in [6, 6.07) is 3.19. The minimum absolute atomic E-state index is 0.0301. The maximum atomic E-state index is 9.88. The first kappa shape index (κ1) is 5.57. The fraction of sp³-hybridized carbons (Fsp3) is 0. The SMILES string of the molecule is N#Cc1ccoc1[C]=O. The van der Waals surface area contributed by atoms with Gasteiger partial charge in [0.25, 0.3) is 6.29 Å². The van der Waals surface area contributed by atoms with E-state index in [-0.39, 0.29) is 11.3 Å². The molecule has 1 heterocycles. The molecule has 0 N–H and O–H groups in total. The summed E-state index contributed by atoms with van der Waals surface area (Å²) in [6.07, 6.45) is 2.76. The summed E-state index contributed by atoms with van der Waals surface area (Å²) in [6.45, 7) is 0. The number of carbonyl (C=O) groups excluding carboxylic acids is 1. The Hall–Kier alpha value is -1.56. The van der Waals surface area contributed by atoms with Crippen molar-refractivity contribution in [3.63, 3.8) is 0 Å². The number of nitriles is 1. The van der Waals surface area contributed by atoms with Gasteiger partial charge in [0, 0.05) is 0 Å². The highest BCUT2D eigenvalue weighted by Gasteiger charge is 2.02. The summed E-state index contributed by atoms with van der Waals surface area (Å²) in [5.74, 6) is -0.0301. The summed E-state index contributed by atoms with van der Waals surface area (Å²) >= 11 is 0. The number of furan rings is 1. The van der Waals surface area contributed by atoms with Gasteiger partial charge in [-0.05, 0) is 6.07 Å². The van der Waals surface area contributed by atoms with E-state index in [0.717, 1.165) is 0 Å². The van der Waals surface area contributed by atoms with Crippen molar-refractivity contribution >= 4 is 6.29 Å². The Balaban J connectivity index is 3.17. The van der Waals surface area contributed by atoms with Crippen molar-refractivity contribution in [2.75, 3.05) is 0 Å². The molecule has 0 aliphatic heterocycles. The van der Waals surface area contributed by atoms with Gasteiger partial charge in [0.2, 0.25) is 0 Å². The minimum atomic E-state index is -0.0301. The number of rotatable bonds is 1. The molecule has 9 heavy (non-hydrogen) atoms. The van der Waals surface area contributed by atoms with Crippen LogP contribution in [-0.2, 0) is 4.79 Å². The molecule has 0 aliphatic carbocycles. The number of hydrogen-bond donors (Lipinski definition) is 0. The first-order valence-electron chi connectivity index (χ1n) is 2.24. The molecule has 1 aromatic heterocycles. The maximum Gasteiger partial charge on any atom is 0.273 e. The smallest absolute Gasteiger partial charge is 0.273 e. The molecule has 0 unspecified atom stereocenters. The normalized spacial score (nSPS) is 8.33. The highest BCUT2D eigenvalue weighted by molar-refractivity contribution is 5.75. The van der Waals surface area contributed by atoms with Crippen LogP contribution in [0.5, 0.6) is 0 Å². The molecule has 1 rings (SSSR count). The molecule has 0 atom stereocenters. The Morgan fingerprint density at radius 3 is 2.89 bits per heavy atom. The van der Waals surface area contributed by atoms with Crippen molar-refractivity contribution in [3.05, 3.63) is 23.7 Å². The van der Waals surface area contributed by atoms with E-state index in [1.54, 1.807) is 6.07 Å². The van der Waals surface area contributed by atoms with Crippen molar-refractivity contribution in [2.45, 2.75) is 0 Å². The van der Waals surface area contributed by atoms with Crippen molar-refractivity contribution in [2.24, 2.45) is 0 Å². The molecule has 0 amide bonds. The highest BCUT2D eigenvalue weighted by atomic mass is 16.3. The molecule has 1 aromatic rings. The molecule has 0 fully saturated rings. The summed E-state index contributed by atoms with van der Waals surface area (Å²) in [5.41, 5.74) is 0.227. The van der Waals surface area contributed by atoms with E-state index >= 15 is 0 Å². The van der Waals surface area contributed by atoms with E-state index in [1.165, 1.54) is 18.6 Å². The largest absolute Gasteiger partial charge is 0.459 e. The first-order chi connectivity index (χ1) is 4.38. The van der Waals surface area contributed by atoms with E-state index < -0.39 is 0 Å². The van der Waals surface area contributed by atoms with Crippen LogP contribution in [0.4, 0.5) is 0 Å². The van der Waals surface area contributed by atoms with Gasteiger partial charge in [0.1, 0.15) is 11.6 Å². The van der Waals surface area contributed by atoms with Gasteiger partial charge in [0.15, 0.2) is 5.76 Å². The molecule has 1 radical (unpaired) electrons. The lowest BCUT2D eigenvalue weighted by atomic mass is 10.3. The van der Waals surface area contributed by atoms with Gasteiger partial charge in [0.05, 0.1) is 6.26 Å². The summed E-state index contributed by atoms with van der Waals surface area (Å²) < 4.78 is 4.56. The fourth-order valence-electron chi connectivity index (χ4n) is 0.476. The van der Waals surface area contributed by atoms with Crippen molar-refractivity contribution in [3.8, 4) is 6.07 Å². The lowest BCUT2D eigenvalue weighted by molar-refractivity contribution is 0.517. The Kier molecular flexibility index (Phi) is 1.32. The molecule has 0 spiro atoms. The predicted octanol–water partition coefficient (Wildman–Crippen LogP) is 0.609. The third-order valence-corrected chi connectivity index (χ3v) is 0.878. The van der Waals surface area contributed by atoms with Gasteiger partial charge in [-0.15, -0.1) is 0 Å². The maximum absolute atomic E-state index is 9.88. The quantitative estimate of drug-likeness (QED) is 0.545. The van der Waals surface area contributed by atoms with Crippen LogP contribution in [0, 0.1) is 11.3 Å². The van der Waals surface area contributed by atoms with Gasteiger partial charge in [-0.2, -0.15) is 5.26 Å². The molecule has 0 bridgehead atoms. The van der Waals surface area contributed by atoms with E-state index in [4.69, 9.17) is 5.26 Å². The van der Waals surface area contributed by atoms with Crippen LogP contribution in [0.1, 0.15) is 11.3 Å². The second-order valence-corrected chi connectivity index (χ2v) is 1.38. The summed E-state index contributed by atoms with van der Waals surface area (Å²) in [5, 5.41) is 8.25. The van der Waals surface area contributed by atoms with Crippen LogP contribution in [0.2, 0.25) is 0 Å². The van der Waals surface area contributed by atoms with Crippen LogP contribution in [0.15, 0.2) is 16.7 Å². The van der Waals surface area contributed by atoms with Gasteiger partial charge < -0.3 is 4.42 Å². The van der Waals surface area contributed by atoms with Crippen LogP contribution in [-0.4, -0.2) is 6.29 Å². The van der Waals surface area contributed by atoms with E-state index in [0.29, 0.717) is 0 Å². The van der Waals surface area contributed by atoms with Gasteiger partial charge in [-0.25, -0.2) is 0 Å². The molecule has 0 saturated carbocycles. The monoisotopic (exact) mass is 120 g/mol. The average molecular weight is 120 g/mol. The number of nitrogens with zero attached hydrogens (tertiary/aromatic N) is 1. The van der Waals surface area contributed by atoms with E-state index in [9.17, 15) is 4.79 Å². The molecule has 3 heteroatoms. The summed E-state index contributed by atoms with van der Waals surface area (Å²) in [7, 11) is 0. The Labute approximate surface area is 51.5 Å².